The van der Waals surface area contributed by atoms with Gasteiger partial charge in [-0.25, -0.2) is 0 Å². The highest BCUT2D eigenvalue weighted by Crippen LogP contribution is 2.31. The van der Waals surface area contributed by atoms with E-state index in [0.717, 1.165) is 30.8 Å². The highest BCUT2D eigenvalue weighted by atomic mass is 16.5. The first kappa shape index (κ1) is 17.3. The molecule has 134 valence electrons. The van der Waals surface area contributed by atoms with E-state index in [-0.39, 0.29) is 11.8 Å². The summed E-state index contributed by atoms with van der Waals surface area (Å²) in [4.78, 5) is 14.9. The summed E-state index contributed by atoms with van der Waals surface area (Å²) in [5.41, 5.74) is 1.47. The van der Waals surface area contributed by atoms with Crippen molar-refractivity contribution >= 4 is 5.91 Å². The van der Waals surface area contributed by atoms with E-state index in [4.69, 9.17) is 9.47 Å². The van der Waals surface area contributed by atoms with Crippen LogP contribution in [0.4, 0.5) is 0 Å². The van der Waals surface area contributed by atoms with Crippen molar-refractivity contribution in [2.45, 2.75) is 25.7 Å². The molecule has 25 heavy (non-hydrogen) atoms. The Morgan fingerprint density at radius 3 is 2.48 bits per heavy atom. The molecule has 0 bridgehead atoms. The SMILES string of the molecule is COc1cc(C(=O)N2CCCC(c3nncn3C)C2)cc(OC)c1C. The molecule has 0 radical (unpaired) electrons. The number of likely N-dealkylation sites (tertiary alicyclic amines) is 1. The number of aromatic nitrogens is 3. The fourth-order valence-corrected chi connectivity index (χ4v) is 3.43. The van der Waals surface area contributed by atoms with E-state index < -0.39 is 0 Å². The smallest absolute Gasteiger partial charge is 0.254 e. The molecule has 1 saturated heterocycles. The summed E-state index contributed by atoms with van der Waals surface area (Å²) in [5.74, 6) is 2.44. The summed E-state index contributed by atoms with van der Waals surface area (Å²) in [5, 5.41) is 8.16. The van der Waals surface area contributed by atoms with Crippen LogP contribution >= 0.6 is 0 Å². The van der Waals surface area contributed by atoms with Gasteiger partial charge in [-0.05, 0) is 31.9 Å². The predicted octanol–water partition coefficient (Wildman–Crippen LogP) is 2.16. The zero-order valence-electron chi connectivity index (χ0n) is 15.2. The molecule has 7 heteroatoms. The van der Waals surface area contributed by atoms with Crippen molar-refractivity contribution in [1.29, 1.82) is 0 Å². The van der Waals surface area contributed by atoms with Crippen LogP contribution < -0.4 is 9.47 Å². The van der Waals surface area contributed by atoms with Gasteiger partial charge in [-0.15, -0.1) is 10.2 Å². The minimum Gasteiger partial charge on any atom is -0.496 e. The Morgan fingerprint density at radius 1 is 1.24 bits per heavy atom. The molecule has 0 spiro atoms. The van der Waals surface area contributed by atoms with Gasteiger partial charge in [-0.1, -0.05) is 0 Å². The molecular formula is C18H24N4O3. The van der Waals surface area contributed by atoms with Crippen molar-refractivity contribution in [3.05, 3.63) is 35.4 Å². The van der Waals surface area contributed by atoms with E-state index in [2.05, 4.69) is 10.2 Å². The highest BCUT2D eigenvalue weighted by Gasteiger charge is 2.28. The monoisotopic (exact) mass is 344 g/mol. The Hall–Kier alpha value is -2.57. The van der Waals surface area contributed by atoms with E-state index in [1.807, 2.05) is 23.4 Å². The number of carbonyl (C=O) groups excluding carboxylic acids is 1. The normalized spacial score (nSPS) is 17.4. The van der Waals surface area contributed by atoms with Gasteiger partial charge >= 0.3 is 0 Å². The van der Waals surface area contributed by atoms with Crippen LogP contribution in [0, 0.1) is 6.92 Å². The number of aryl methyl sites for hydroxylation is 1. The van der Waals surface area contributed by atoms with Crippen LogP contribution in [0.25, 0.3) is 0 Å². The number of hydrogen-bond donors (Lipinski definition) is 0. The second-order valence-electron chi connectivity index (χ2n) is 6.40. The van der Waals surface area contributed by atoms with E-state index in [9.17, 15) is 4.79 Å². The summed E-state index contributed by atoms with van der Waals surface area (Å²) in [6, 6.07) is 3.57. The lowest BCUT2D eigenvalue weighted by molar-refractivity contribution is 0.0702. The van der Waals surface area contributed by atoms with E-state index in [1.54, 1.807) is 32.7 Å². The van der Waals surface area contributed by atoms with Gasteiger partial charge < -0.3 is 18.9 Å². The van der Waals surface area contributed by atoms with Crippen molar-refractivity contribution in [3.63, 3.8) is 0 Å². The summed E-state index contributed by atoms with van der Waals surface area (Å²) in [6.07, 6.45) is 3.66. The Labute approximate surface area is 147 Å². The second-order valence-corrected chi connectivity index (χ2v) is 6.40. The molecule has 1 atom stereocenters. The summed E-state index contributed by atoms with van der Waals surface area (Å²) in [6.45, 7) is 3.30. The van der Waals surface area contributed by atoms with Crippen LogP contribution in [0.3, 0.4) is 0 Å². The molecule has 0 N–H and O–H groups in total. The van der Waals surface area contributed by atoms with Gasteiger partial charge in [0, 0.05) is 37.2 Å². The third kappa shape index (κ3) is 3.31. The average Bonchev–Trinajstić information content (AvgIpc) is 3.07. The molecule has 3 rings (SSSR count). The molecule has 7 nitrogen and oxygen atoms in total. The number of carbonyl (C=O) groups is 1. The third-order valence-corrected chi connectivity index (χ3v) is 4.82. The van der Waals surface area contributed by atoms with Gasteiger partial charge in [0.25, 0.3) is 5.91 Å². The van der Waals surface area contributed by atoms with Crippen molar-refractivity contribution in [1.82, 2.24) is 19.7 Å². The maximum atomic E-state index is 13.0. The lowest BCUT2D eigenvalue weighted by Gasteiger charge is -2.32. The predicted molar refractivity (Wildman–Crippen MR) is 93.2 cm³/mol. The first-order chi connectivity index (χ1) is 12.0. The maximum Gasteiger partial charge on any atom is 0.254 e. The number of amides is 1. The summed E-state index contributed by atoms with van der Waals surface area (Å²) in [7, 11) is 5.13. The number of methoxy groups -OCH3 is 2. The zero-order chi connectivity index (χ0) is 18.0. The lowest BCUT2D eigenvalue weighted by Crippen LogP contribution is -2.39. The fraction of sp³-hybridized carbons (Fsp3) is 0.500. The number of benzene rings is 1. The van der Waals surface area contributed by atoms with Gasteiger partial charge in [-0.3, -0.25) is 4.79 Å². The summed E-state index contributed by atoms with van der Waals surface area (Å²) >= 11 is 0. The van der Waals surface area contributed by atoms with E-state index in [1.165, 1.54) is 0 Å². The van der Waals surface area contributed by atoms with E-state index in [0.29, 0.717) is 23.6 Å². The molecule has 1 aromatic heterocycles. The largest absolute Gasteiger partial charge is 0.496 e. The van der Waals surface area contributed by atoms with Gasteiger partial charge in [0.2, 0.25) is 0 Å². The number of hydrogen-bond acceptors (Lipinski definition) is 5. The molecule has 1 unspecified atom stereocenters. The number of ether oxygens (including phenoxy) is 2. The lowest BCUT2D eigenvalue weighted by atomic mass is 9.96. The molecule has 1 amide bonds. The molecule has 1 aliphatic rings. The highest BCUT2D eigenvalue weighted by molar-refractivity contribution is 5.95. The third-order valence-electron chi connectivity index (χ3n) is 4.82. The molecule has 2 heterocycles. The Balaban J connectivity index is 1.84. The fourth-order valence-electron chi connectivity index (χ4n) is 3.43. The molecule has 1 fully saturated rings. The van der Waals surface area contributed by atoms with Crippen LogP contribution in [0.5, 0.6) is 11.5 Å². The first-order valence-corrected chi connectivity index (χ1v) is 8.41. The Morgan fingerprint density at radius 2 is 1.92 bits per heavy atom. The standard InChI is InChI=1S/C18H24N4O3/c1-12-15(24-3)8-14(9-16(12)25-4)18(23)22-7-5-6-13(10-22)17-20-19-11-21(17)2/h8-9,11,13H,5-7,10H2,1-4H3. The molecule has 2 aromatic rings. The van der Waals surface area contributed by atoms with Crippen molar-refractivity contribution in [2.75, 3.05) is 27.3 Å². The van der Waals surface area contributed by atoms with Gasteiger partial charge in [0.15, 0.2) is 0 Å². The van der Waals surface area contributed by atoms with Crippen LogP contribution in [0.1, 0.15) is 40.5 Å². The number of nitrogens with zero attached hydrogens (tertiary/aromatic N) is 4. The van der Waals surface area contributed by atoms with Crippen LogP contribution in [-0.4, -0.2) is 52.9 Å². The van der Waals surface area contributed by atoms with Crippen molar-refractivity contribution < 1.29 is 14.3 Å². The van der Waals surface area contributed by atoms with Crippen molar-refractivity contribution in [2.24, 2.45) is 7.05 Å². The first-order valence-electron chi connectivity index (χ1n) is 8.41. The Bertz CT molecular complexity index is 746. The van der Waals surface area contributed by atoms with Crippen molar-refractivity contribution in [3.8, 4) is 11.5 Å². The van der Waals surface area contributed by atoms with Gasteiger partial charge in [-0.2, -0.15) is 0 Å². The molecule has 0 saturated carbocycles. The molecule has 1 aromatic carbocycles. The second kappa shape index (κ2) is 7.13. The minimum atomic E-state index is -0.0107. The summed E-state index contributed by atoms with van der Waals surface area (Å²) < 4.78 is 12.7. The quantitative estimate of drug-likeness (QED) is 0.850. The number of piperidine rings is 1. The van der Waals surface area contributed by atoms with E-state index >= 15 is 0 Å². The van der Waals surface area contributed by atoms with Crippen LogP contribution in [0.2, 0.25) is 0 Å². The van der Waals surface area contributed by atoms with Gasteiger partial charge in [0.1, 0.15) is 23.7 Å². The average molecular weight is 344 g/mol. The molecule has 0 aliphatic carbocycles. The maximum absolute atomic E-state index is 13.0. The topological polar surface area (TPSA) is 69.5 Å². The van der Waals surface area contributed by atoms with Crippen LogP contribution in [0.15, 0.2) is 18.5 Å². The van der Waals surface area contributed by atoms with Crippen LogP contribution in [-0.2, 0) is 7.05 Å². The number of rotatable bonds is 4. The molecular weight excluding hydrogens is 320 g/mol. The molecule has 1 aliphatic heterocycles. The minimum absolute atomic E-state index is 0.0107. The van der Waals surface area contributed by atoms with Gasteiger partial charge in [0.05, 0.1) is 14.2 Å². The zero-order valence-corrected chi connectivity index (χ0v) is 15.2. The Kier molecular flexibility index (Phi) is 4.92.